The average Bonchev–Trinajstić information content (AvgIpc) is 2.84. The molecule has 2 heterocycles. The third-order valence-corrected chi connectivity index (χ3v) is 4.80. The van der Waals surface area contributed by atoms with Gasteiger partial charge in [-0.25, -0.2) is 0 Å². The largest absolute Gasteiger partial charge is 0.324 e. The minimum atomic E-state index is -0.582. The monoisotopic (exact) mass is 358 g/mol. The number of piperidine rings is 1. The Morgan fingerprint density at radius 3 is 2.69 bits per heavy atom. The van der Waals surface area contributed by atoms with Crippen molar-refractivity contribution in [1.29, 1.82) is 0 Å². The molecule has 2 aliphatic heterocycles. The van der Waals surface area contributed by atoms with E-state index in [1.807, 2.05) is 33.0 Å². The molecule has 1 atom stereocenters. The number of rotatable bonds is 5. The Labute approximate surface area is 153 Å². The molecule has 3 rings (SSSR count). The summed E-state index contributed by atoms with van der Waals surface area (Å²) in [5.74, 6) is -0.800. The molecule has 0 saturated carbocycles. The average molecular weight is 358 g/mol. The van der Waals surface area contributed by atoms with Gasteiger partial charge in [0.15, 0.2) is 0 Å². The number of nitrogens with zero attached hydrogens (tertiary/aromatic N) is 2. The van der Waals surface area contributed by atoms with E-state index in [-0.39, 0.29) is 29.7 Å². The highest BCUT2D eigenvalue weighted by atomic mass is 16.2. The number of hydrogen-bond donors (Lipinski definition) is 2. The summed E-state index contributed by atoms with van der Waals surface area (Å²) in [6.07, 6.45) is 0.638. The molecule has 0 aromatic heterocycles. The molecule has 26 heavy (non-hydrogen) atoms. The molecule has 1 saturated heterocycles. The fourth-order valence-electron chi connectivity index (χ4n) is 3.84. The standard InChI is InChI=1S/C19H26N4O3/c1-19(2,20)11-22(3)9-12-5-4-6-13-14(12)10-23(18(13)26)15-7-8-16(24)21-17(15)25/h4-6,15H,7-11,20H2,1-3H3,(H,21,24,25). The molecule has 7 heteroatoms. The normalized spacial score (nSPS) is 20.6. The number of benzene rings is 1. The molecular formula is C19H26N4O3. The van der Waals surface area contributed by atoms with Gasteiger partial charge in [-0.2, -0.15) is 0 Å². The van der Waals surface area contributed by atoms with E-state index in [2.05, 4.69) is 10.2 Å². The Hall–Kier alpha value is -2.25. The van der Waals surface area contributed by atoms with Gasteiger partial charge in [0, 0.05) is 37.2 Å². The summed E-state index contributed by atoms with van der Waals surface area (Å²) in [6.45, 7) is 5.76. The molecule has 3 amide bonds. The third kappa shape index (κ3) is 3.78. The Morgan fingerprint density at radius 1 is 1.31 bits per heavy atom. The Morgan fingerprint density at radius 2 is 2.04 bits per heavy atom. The van der Waals surface area contributed by atoms with E-state index in [9.17, 15) is 14.4 Å². The Bertz CT molecular complexity index is 754. The first-order chi connectivity index (χ1) is 12.2. The van der Waals surface area contributed by atoms with Gasteiger partial charge < -0.3 is 15.5 Å². The van der Waals surface area contributed by atoms with Crippen molar-refractivity contribution in [3.63, 3.8) is 0 Å². The summed E-state index contributed by atoms with van der Waals surface area (Å²) < 4.78 is 0. The van der Waals surface area contributed by atoms with Crippen LogP contribution >= 0.6 is 0 Å². The number of nitrogens with one attached hydrogen (secondary N) is 1. The third-order valence-electron chi connectivity index (χ3n) is 4.80. The van der Waals surface area contributed by atoms with Gasteiger partial charge in [-0.3, -0.25) is 19.7 Å². The molecule has 7 nitrogen and oxygen atoms in total. The summed E-state index contributed by atoms with van der Waals surface area (Å²) in [7, 11) is 2.00. The van der Waals surface area contributed by atoms with E-state index in [4.69, 9.17) is 5.73 Å². The van der Waals surface area contributed by atoms with Crippen molar-refractivity contribution in [3.05, 3.63) is 34.9 Å². The maximum atomic E-state index is 12.8. The zero-order valence-corrected chi connectivity index (χ0v) is 15.5. The van der Waals surface area contributed by atoms with Crippen LogP contribution in [0, 0.1) is 0 Å². The van der Waals surface area contributed by atoms with Gasteiger partial charge in [0.1, 0.15) is 6.04 Å². The van der Waals surface area contributed by atoms with E-state index in [1.165, 1.54) is 0 Å². The van der Waals surface area contributed by atoms with Gasteiger partial charge in [-0.1, -0.05) is 12.1 Å². The molecular weight excluding hydrogens is 332 g/mol. The lowest BCUT2D eigenvalue weighted by atomic mass is 10.0. The summed E-state index contributed by atoms with van der Waals surface area (Å²) in [5, 5.41) is 2.33. The quantitative estimate of drug-likeness (QED) is 0.752. The molecule has 0 spiro atoms. The zero-order valence-electron chi connectivity index (χ0n) is 15.5. The van der Waals surface area contributed by atoms with Crippen LogP contribution in [-0.4, -0.2) is 52.7 Å². The SMILES string of the molecule is CN(Cc1cccc2c1CN(C1CCC(=O)NC1=O)C2=O)CC(C)(C)N. The lowest BCUT2D eigenvalue weighted by Gasteiger charge is -2.29. The number of amides is 3. The summed E-state index contributed by atoms with van der Waals surface area (Å²) in [6, 6.07) is 5.11. The molecule has 2 aliphatic rings. The molecule has 3 N–H and O–H groups in total. The van der Waals surface area contributed by atoms with Crippen LogP contribution in [0.4, 0.5) is 0 Å². The van der Waals surface area contributed by atoms with Crippen LogP contribution in [0.1, 0.15) is 48.2 Å². The Balaban J connectivity index is 1.79. The smallest absolute Gasteiger partial charge is 0.255 e. The maximum absolute atomic E-state index is 12.8. The van der Waals surface area contributed by atoms with Crippen LogP contribution in [0.15, 0.2) is 18.2 Å². The molecule has 1 fully saturated rings. The summed E-state index contributed by atoms with van der Waals surface area (Å²) in [5.41, 5.74) is 8.47. The van der Waals surface area contributed by atoms with Crippen molar-refractivity contribution >= 4 is 17.7 Å². The predicted octanol–water partition coefficient (Wildman–Crippen LogP) is 0.617. The first-order valence-corrected chi connectivity index (χ1v) is 8.88. The van der Waals surface area contributed by atoms with Crippen LogP contribution < -0.4 is 11.1 Å². The number of nitrogens with two attached hydrogens (primary N) is 1. The van der Waals surface area contributed by atoms with E-state index in [0.717, 1.165) is 17.7 Å². The van der Waals surface area contributed by atoms with Gasteiger partial charge in [0.2, 0.25) is 11.8 Å². The minimum absolute atomic E-state index is 0.141. The number of carbonyl (C=O) groups is 3. The van der Waals surface area contributed by atoms with Crippen molar-refractivity contribution in [2.24, 2.45) is 5.73 Å². The summed E-state index contributed by atoms with van der Waals surface area (Å²) in [4.78, 5) is 40.1. The lowest BCUT2D eigenvalue weighted by molar-refractivity contribution is -0.136. The first-order valence-electron chi connectivity index (χ1n) is 8.88. The van der Waals surface area contributed by atoms with Gasteiger partial charge in [-0.15, -0.1) is 0 Å². The van der Waals surface area contributed by atoms with Crippen LogP contribution in [0.25, 0.3) is 0 Å². The summed E-state index contributed by atoms with van der Waals surface area (Å²) >= 11 is 0. The van der Waals surface area contributed by atoms with E-state index in [1.54, 1.807) is 11.0 Å². The molecule has 0 radical (unpaired) electrons. The van der Waals surface area contributed by atoms with Crippen molar-refractivity contribution < 1.29 is 14.4 Å². The van der Waals surface area contributed by atoms with Crippen LogP contribution in [0.2, 0.25) is 0 Å². The fourth-order valence-corrected chi connectivity index (χ4v) is 3.84. The molecule has 0 aliphatic carbocycles. The molecule has 1 aromatic carbocycles. The number of fused-ring (bicyclic) bond motifs is 1. The Kier molecular flexibility index (Phi) is 4.86. The van der Waals surface area contributed by atoms with Gasteiger partial charge in [-0.05, 0) is 44.5 Å². The van der Waals surface area contributed by atoms with Crippen molar-refractivity contribution in [2.75, 3.05) is 13.6 Å². The van der Waals surface area contributed by atoms with Gasteiger partial charge >= 0.3 is 0 Å². The van der Waals surface area contributed by atoms with Crippen molar-refractivity contribution in [2.45, 2.75) is 51.4 Å². The molecule has 1 aromatic rings. The van der Waals surface area contributed by atoms with Crippen LogP contribution in [0.3, 0.4) is 0 Å². The zero-order chi connectivity index (χ0) is 19.1. The topological polar surface area (TPSA) is 95.7 Å². The lowest BCUT2D eigenvalue weighted by Crippen LogP contribution is -2.52. The number of imide groups is 1. The fraction of sp³-hybridized carbons (Fsp3) is 0.526. The van der Waals surface area contributed by atoms with E-state index < -0.39 is 6.04 Å². The highest BCUT2D eigenvalue weighted by Crippen LogP contribution is 2.30. The molecule has 0 bridgehead atoms. The van der Waals surface area contributed by atoms with Crippen LogP contribution in [0.5, 0.6) is 0 Å². The van der Waals surface area contributed by atoms with E-state index >= 15 is 0 Å². The predicted molar refractivity (Wildman–Crippen MR) is 97.1 cm³/mol. The molecule has 140 valence electrons. The van der Waals surface area contributed by atoms with Gasteiger partial charge in [0.25, 0.3) is 5.91 Å². The highest BCUT2D eigenvalue weighted by molar-refractivity contribution is 6.05. The second-order valence-corrected chi connectivity index (χ2v) is 8.00. The van der Waals surface area contributed by atoms with Crippen LogP contribution in [-0.2, 0) is 22.7 Å². The number of carbonyl (C=O) groups excluding carboxylic acids is 3. The van der Waals surface area contributed by atoms with E-state index in [0.29, 0.717) is 25.1 Å². The molecule has 1 unspecified atom stereocenters. The minimum Gasteiger partial charge on any atom is -0.324 e. The second kappa shape index (κ2) is 6.81. The number of hydrogen-bond acceptors (Lipinski definition) is 5. The van der Waals surface area contributed by atoms with Gasteiger partial charge in [0.05, 0.1) is 0 Å². The number of likely N-dealkylation sites (N-methyl/N-ethyl adjacent to an activating group) is 1. The first kappa shape index (κ1) is 18.5. The van der Waals surface area contributed by atoms with Crippen molar-refractivity contribution in [1.82, 2.24) is 15.1 Å². The van der Waals surface area contributed by atoms with Crippen molar-refractivity contribution in [3.8, 4) is 0 Å². The maximum Gasteiger partial charge on any atom is 0.255 e. The second-order valence-electron chi connectivity index (χ2n) is 8.00. The highest BCUT2D eigenvalue weighted by Gasteiger charge is 2.39.